The number of hydrogen-bond acceptors (Lipinski definition) is 5. The van der Waals surface area contributed by atoms with Crippen molar-refractivity contribution in [1.82, 2.24) is 0 Å². The van der Waals surface area contributed by atoms with E-state index >= 15 is 0 Å². The molecule has 0 amide bonds. The Balaban J connectivity index is 1.37. The van der Waals surface area contributed by atoms with Gasteiger partial charge in [0.1, 0.15) is 11.7 Å². The average Bonchev–Trinajstić information content (AvgIpc) is 3.40. The van der Waals surface area contributed by atoms with Crippen molar-refractivity contribution in [2.45, 2.75) is 130 Å². The molecule has 0 radical (unpaired) electrons. The maximum absolute atomic E-state index is 13.0. The number of carbonyl (C=O) groups is 1. The van der Waals surface area contributed by atoms with Gasteiger partial charge in [-0.1, -0.05) is 34.6 Å². The molecule has 2 spiro atoms. The van der Waals surface area contributed by atoms with Gasteiger partial charge in [0.05, 0.1) is 18.3 Å². The molecule has 12 atom stereocenters. The van der Waals surface area contributed by atoms with Gasteiger partial charge < -0.3 is 20.1 Å². The minimum absolute atomic E-state index is 0.0323. The molecule has 6 aliphatic rings. The zero-order chi connectivity index (χ0) is 25.6. The van der Waals surface area contributed by atoms with E-state index < -0.39 is 17.8 Å². The molecule has 5 aliphatic carbocycles. The smallest absolute Gasteiger partial charge is 0.192 e. The molecule has 0 aromatic carbocycles. The predicted octanol–water partition coefficient (Wildman–Crippen LogP) is 4.50. The van der Waals surface area contributed by atoms with Gasteiger partial charge in [-0.2, -0.15) is 0 Å². The predicted molar refractivity (Wildman–Crippen MR) is 133 cm³/mol. The topological polar surface area (TPSA) is 87.0 Å². The Kier molecular flexibility index (Phi) is 4.91. The van der Waals surface area contributed by atoms with Crippen LogP contribution < -0.4 is 0 Å². The number of carbonyl (C=O) groups excluding carboxylic acids is 1. The van der Waals surface area contributed by atoms with Crippen molar-refractivity contribution in [1.29, 1.82) is 0 Å². The van der Waals surface area contributed by atoms with Crippen molar-refractivity contribution in [3.63, 3.8) is 0 Å². The number of hydrogen-bond donors (Lipinski definition) is 3. The van der Waals surface area contributed by atoms with Gasteiger partial charge in [0, 0.05) is 5.41 Å². The number of ketones is 1. The third-order valence-electron chi connectivity index (χ3n) is 13.7. The summed E-state index contributed by atoms with van der Waals surface area (Å²) in [6.07, 6.45) is 6.69. The molecule has 198 valence electrons. The van der Waals surface area contributed by atoms with E-state index in [0.717, 1.165) is 32.1 Å². The molecule has 5 saturated carbocycles. The Morgan fingerprint density at radius 1 is 0.943 bits per heavy atom. The molecular formula is C30H48O5. The van der Waals surface area contributed by atoms with Gasteiger partial charge in [0.15, 0.2) is 5.78 Å². The van der Waals surface area contributed by atoms with Crippen LogP contribution in [0.2, 0.25) is 0 Å². The lowest BCUT2D eigenvalue weighted by atomic mass is 9.41. The standard InChI is InChI=1S/C30H48O5/c1-16-14-17(23(32)26(4,5)34)35-22-21(16)27(6)12-13-30-15-29(30)11-10-20(31)25(2,3)18(29)8-9-19(30)28(27,7)24(22)33/h16-22,24,31,33-34H,8-15H2,1-7H3. The van der Waals surface area contributed by atoms with Gasteiger partial charge >= 0.3 is 0 Å². The van der Waals surface area contributed by atoms with Gasteiger partial charge in [-0.15, -0.1) is 0 Å². The number of rotatable bonds is 2. The van der Waals surface area contributed by atoms with Crippen LogP contribution in [-0.4, -0.2) is 51.1 Å². The van der Waals surface area contributed by atoms with Crippen LogP contribution >= 0.6 is 0 Å². The Labute approximate surface area is 211 Å². The van der Waals surface area contributed by atoms with Crippen molar-refractivity contribution >= 4 is 5.78 Å². The Morgan fingerprint density at radius 3 is 2.23 bits per heavy atom. The van der Waals surface area contributed by atoms with Crippen LogP contribution in [-0.2, 0) is 9.53 Å². The van der Waals surface area contributed by atoms with Gasteiger partial charge in [-0.25, -0.2) is 0 Å². The SMILES string of the molecule is CC1CC(C(=O)C(C)(C)O)OC2C1C1(C)CCC34CC35CCC(O)C(C)(C)C5CCC4C1(C)C2O. The van der Waals surface area contributed by atoms with E-state index in [0.29, 0.717) is 23.7 Å². The molecule has 12 unspecified atom stereocenters. The summed E-state index contributed by atoms with van der Waals surface area (Å²) in [4.78, 5) is 13.0. The molecule has 6 rings (SSSR count). The van der Waals surface area contributed by atoms with Crippen LogP contribution in [0.4, 0.5) is 0 Å². The molecule has 1 heterocycles. The molecule has 0 aromatic heterocycles. The second-order valence-corrected chi connectivity index (χ2v) is 15.4. The van der Waals surface area contributed by atoms with E-state index in [9.17, 15) is 20.1 Å². The second-order valence-electron chi connectivity index (χ2n) is 15.4. The summed E-state index contributed by atoms with van der Waals surface area (Å²) in [5, 5.41) is 33.4. The molecule has 5 nitrogen and oxygen atoms in total. The molecule has 1 aliphatic heterocycles. The van der Waals surface area contributed by atoms with Crippen LogP contribution in [0.25, 0.3) is 0 Å². The van der Waals surface area contributed by atoms with E-state index in [1.807, 2.05) is 0 Å². The molecule has 0 aromatic rings. The fourth-order valence-corrected chi connectivity index (χ4v) is 11.8. The summed E-state index contributed by atoms with van der Waals surface area (Å²) in [5.74, 6) is 1.24. The largest absolute Gasteiger partial charge is 0.393 e. The van der Waals surface area contributed by atoms with Crippen LogP contribution in [0, 0.1) is 50.7 Å². The van der Waals surface area contributed by atoms with E-state index in [1.54, 1.807) is 13.8 Å². The van der Waals surface area contributed by atoms with Gasteiger partial charge in [0.2, 0.25) is 0 Å². The summed E-state index contributed by atoms with van der Waals surface area (Å²) in [7, 11) is 0. The molecule has 1 saturated heterocycles. The van der Waals surface area contributed by atoms with Crippen molar-refractivity contribution in [2.75, 3.05) is 0 Å². The average molecular weight is 489 g/mol. The molecule has 6 fully saturated rings. The monoisotopic (exact) mass is 488 g/mol. The zero-order valence-corrected chi connectivity index (χ0v) is 22.9. The van der Waals surface area contributed by atoms with Crippen molar-refractivity contribution < 1.29 is 24.9 Å². The number of aliphatic hydroxyl groups excluding tert-OH is 2. The molecule has 0 bridgehead atoms. The van der Waals surface area contributed by atoms with Crippen LogP contribution in [0.5, 0.6) is 0 Å². The molecule has 35 heavy (non-hydrogen) atoms. The lowest BCUT2D eigenvalue weighted by Gasteiger charge is -2.63. The number of ether oxygens (including phenoxy) is 1. The lowest BCUT2D eigenvalue weighted by Crippen LogP contribution is -2.59. The molecule has 3 N–H and O–H groups in total. The summed E-state index contributed by atoms with van der Waals surface area (Å²) in [5.41, 5.74) is -1.16. The van der Waals surface area contributed by atoms with Crippen LogP contribution in [0.3, 0.4) is 0 Å². The van der Waals surface area contributed by atoms with Gasteiger partial charge in [-0.05, 0) is 111 Å². The Hall–Kier alpha value is -0.490. The first-order valence-corrected chi connectivity index (χ1v) is 14.4. The number of Topliss-reactive ketones (excluding diaryl/α,β-unsaturated/α-hetero) is 1. The third kappa shape index (κ3) is 2.68. The first kappa shape index (κ1) is 24.8. The highest BCUT2D eigenvalue weighted by Gasteiger charge is 2.84. The Bertz CT molecular complexity index is 938. The molecular weight excluding hydrogens is 440 g/mol. The summed E-state index contributed by atoms with van der Waals surface area (Å²) < 4.78 is 6.49. The highest BCUT2D eigenvalue weighted by Crippen LogP contribution is 2.89. The fourth-order valence-electron chi connectivity index (χ4n) is 11.8. The zero-order valence-electron chi connectivity index (χ0n) is 22.9. The second kappa shape index (κ2) is 6.93. The lowest BCUT2D eigenvalue weighted by molar-refractivity contribution is -0.183. The first-order valence-electron chi connectivity index (χ1n) is 14.4. The van der Waals surface area contributed by atoms with Crippen molar-refractivity contribution in [3.8, 4) is 0 Å². The Morgan fingerprint density at radius 2 is 1.57 bits per heavy atom. The minimum Gasteiger partial charge on any atom is -0.393 e. The maximum Gasteiger partial charge on any atom is 0.192 e. The molecule has 5 heteroatoms. The van der Waals surface area contributed by atoms with Crippen LogP contribution in [0.1, 0.15) is 99.8 Å². The van der Waals surface area contributed by atoms with Gasteiger partial charge in [0.25, 0.3) is 0 Å². The van der Waals surface area contributed by atoms with Crippen molar-refractivity contribution in [3.05, 3.63) is 0 Å². The highest BCUT2D eigenvalue weighted by atomic mass is 16.5. The normalized spacial score (nSPS) is 58.3. The summed E-state index contributed by atoms with van der Waals surface area (Å²) >= 11 is 0. The van der Waals surface area contributed by atoms with E-state index in [2.05, 4.69) is 34.6 Å². The van der Waals surface area contributed by atoms with Crippen molar-refractivity contribution in [2.24, 2.45) is 50.7 Å². The quantitative estimate of drug-likeness (QED) is 0.533. The van der Waals surface area contributed by atoms with Crippen LogP contribution in [0.15, 0.2) is 0 Å². The third-order valence-corrected chi connectivity index (χ3v) is 13.7. The highest BCUT2D eigenvalue weighted by molar-refractivity contribution is 5.90. The number of fused-ring (bicyclic) bond motifs is 4. The number of aliphatic hydroxyl groups is 3. The van der Waals surface area contributed by atoms with E-state index in [4.69, 9.17) is 4.74 Å². The minimum atomic E-state index is -1.43. The van der Waals surface area contributed by atoms with E-state index in [1.165, 1.54) is 12.8 Å². The fraction of sp³-hybridized carbons (Fsp3) is 0.967. The summed E-state index contributed by atoms with van der Waals surface area (Å²) in [6, 6.07) is 0. The van der Waals surface area contributed by atoms with Gasteiger partial charge in [-0.3, -0.25) is 4.79 Å². The first-order chi connectivity index (χ1) is 16.1. The summed E-state index contributed by atoms with van der Waals surface area (Å²) in [6.45, 7) is 14.7. The maximum atomic E-state index is 13.0. The van der Waals surface area contributed by atoms with E-state index in [-0.39, 0.29) is 51.5 Å².